The Balaban J connectivity index is 2.31. The van der Waals surface area contributed by atoms with Gasteiger partial charge in [0.25, 0.3) is 0 Å². The summed E-state index contributed by atoms with van der Waals surface area (Å²) >= 11 is 0. The van der Waals surface area contributed by atoms with Crippen LogP contribution in [0.2, 0.25) is 0 Å². The number of aliphatic hydroxyl groups excluding tert-OH is 6. The molecular formula is C46H92NO11P. The third-order valence-electron chi connectivity index (χ3n) is 12.2. The van der Waals surface area contributed by atoms with Crippen molar-refractivity contribution in [3.63, 3.8) is 0 Å². The van der Waals surface area contributed by atoms with Gasteiger partial charge in [-0.05, 0) is 12.8 Å². The molecule has 1 aliphatic carbocycles. The Morgan fingerprint density at radius 3 is 1.17 bits per heavy atom. The van der Waals surface area contributed by atoms with Gasteiger partial charge >= 0.3 is 7.82 Å². The van der Waals surface area contributed by atoms with Gasteiger partial charge < -0.3 is 40.8 Å². The number of aliphatic hydroxyl groups is 6. The van der Waals surface area contributed by atoms with Crippen LogP contribution >= 0.6 is 7.82 Å². The Hall–Kier alpha value is -0.660. The molecule has 12 nitrogen and oxygen atoms in total. The van der Waals surface area contributed by atoms with Crippen molar-refractivity contribution in [3.8, 4) is 0 Å². The summed E-state index contributed by atoms with van der Waals surface area (Å²) in [6, 6.07) is -1.02. The lowest BCUT2D eigenvalue weighted by atomic mass is 9.85. The summed E-state index contributed by atoms with van der Waals surface area (Å²) in [6.07, 6.45) is 27.4. The first-order valence-corrected chi connectivity index (χ1v) is 26.0. The highest BCUT2D eigenvalue weighted by Gasteiger charge is 2.51. The Bertz CT molecular complexity index is 1010. The lowest BCUT2D eigenvalue weighted by Gasteiger charge is -2.41. The quantitative estimate of drug-likeness (QED) is 0.0215. The Labute approximate surface area is 359 Å². The smallest absolute Gasteiger partial charge is 0.391 e. The number of hydrogen-bond acceptors (Lipinski definition) is 10. The average molecular weight is 866 g/mol. The predicted octanol–water partition coefficient (Wildman–Crippen LogP) is 9.46. The van der Waals surface area contributed by atoms with E-state index in [1.54, 1.807) is 0 Å². The van der Waals surface area contributed by atoms with Crippen LogP contribution in [0.5, 0.6) is 0 Å². The molecule has 0 aromatic heterocycles. The van der Waals surface area contributed by atoms with Crippen LogP contribution < -0.4 is 5.32 Å². The lowest BCUT2D eigenvalue weighted by Crippen LogP contribution is -2.64. The summed E-state index contributed by atoms with van der Waals surface area (Å²) in [5.41, 5.74) is 0. The van der Waals surface area contributed by atoms with Crippen molar-refractivity contribution in [1.29, 1.82) is 0 Å². The molecule has 1 fully saturated rings. The van der Waals surface area contributed by atoms with Crippen molar-refractivity contribution in [2.75, 3.05) is 6.61 Å². The molecule has 1 saturated carbocycles. The number of phosphoric acid groups is 1. The molecule has 0 spiro atoms. The van der Waals surface area contributed by atoms with Crippen LogP contribution in [0.15, 0.2) is 0 Å². The molecule has 0 aliphatic heterocycles. The highest BCUT2D eigenvalue weighted by molar-refractivity contribution is 7.47. The van der Waals surface area contributed by atoms with Crippen molar-refractivity contribution in [2.45, 2.75) is 281 Å². The molecule has 0 aromatic carbocycles. The summed E-state index contributed by atoms with van der Waals surface area (Å²) in [6.45, 7) is 3.87. The minimum absolute atomic E-state index is 0.242. The monoisotopic (exact) mass is 866 g/mol. The number of amides is 1. The maximum absolute atomic E-state index is 12.9. The van der Waals surface area contributed by atoms with Crippen molar-refractivity contribution < 1.29 is 53.9 Å². The van der Waals surface area contributed by atoms with Gasteiger partial charge in [-0.2, -0.15) is 0 Å². The Kier molecular flexibility index (Phi) is 35.1. The van der Waals surface area contributed by atoms with Crippen molar-refractivity contribution in [2.24, 2.45) is 0 Å². The first-order chi connectivity index (χ1) is 28.4. The van der Waals surface area contributed by atoms with Gasteiger partial charge in [-0.25, -0.2) is 4.57 Å². The van der Waals surface area contributed by atoms with Crippen LogP contribution in [-0.2, 0) is 18.4 Å². The van der Waals surface area contributed by atoms with Crippen LogP contribution in [-0.4, -0.2) is 96.8 Å². The molecule has 0 saturated heterocycles. The molecule has 0 aromatic rings. The van der Waals surface area contributed by atoms with Gasteiger partial charge in [-0.15, -0.1) is 0 Å². The minimum atomic E-state index is -5.05. The number of phosphoric ester groups is 1. The molecule has 0 radical (unpaired) electrons. The summed E-state index contributed by atoms with van der Waals surface area (Å²) in [7, 11) is -5.05. The maximum Gasteiger partial charge on any atom is 0.472 e. The Morgan fingerprint density at radius 2 is 0.814 bits per heavy atom. The first-order valence-electron chi connectivity index (χ1n) is 24.5. The molecule has 1 amide bonds. The highest BCUT2D eigenvalue weighted by atomic mass is 31.2. The van der Waals surface area contributed by atoms with E-state index in [0.29, 0.717) is 19.3 Å². The predicted molar refractivity (Wildman–Crippen MR) is 237 cm³/mol. The third kappa shape index (κ3) is 28.6. The van der Waals surface area contributed by atoms with E-state index in [9.17, 15) is 44.9 Å². The van der Waals surface area contributed by atoms with Crippen molar-refractivity contribution >= 4 is 13.7 Å². The number of carbonyl (C=O) groups is 1. The van der Waals surface area contributed by atoms with E-state index >= 15 is 0 Å². The summed E-state index contributed by atoms with van der Waals surface area (Å²) in [5.74, 6) is -0.305. The fourth-order valence-electron chi connectivity index (χ4n) is 8.14. The van der Waals surface area contributed by atoms with Gasteiger partial charge in [0.15, 0.2) is 0 Å². The maximum atomic E-state index is 12.9. The second-order valence-electron chi connectivity index (χ2n) is 17.7. The fraction of sp³-hybridized carbons (Fsp3) is 0.978. The number of nitrogens with one attached hydrogen (secondary N) is 1. The van der Waals surface area contributed by atoms with Crippen LogP contribution in [0, 0.1) is 0 Å². The van der Waals surface area contributed by atoms with Crippen LogP contribution in [0.4, 0.5) is 0 Å². The standard InChI is InChI=1S/C46H92NO11P/c1-3-5-7-9-11-13-14-15-16-17-18-19-20-21-22-23-24-25-26-28-30-32-34-36-40(49)47-38(39(48)35-33-31-29-27-12-10-8-6-4-2)37-57-59(55,56)58-46-44(53)42(51)41(50)43(52)45(46)54/h38-39,41-46,48,50-54H,3-37H2,1-2H3,(H,47,49)(H,55,56)/t38-,39+,41?,42+,43?,44?,45?,46?/m0/s1. The van der Waals surface area contributed by atoms with Crippen LogP contribution in [0.3, 0.4) is 0 Å². The van der Waals surface area contributed by atoms with E-state index in [-0.39, 0.29) is 12.3 Å². The van der Waals surface area contributed by atoms with Crippen LogP contribution in [0.1, 0.15) is 232 Å². The molecule has 1 rings (SSSR count). The normalized spacial score (nSPS) is 22.9. The van der Waals surface area contributed by atoms with E-state index in [4.69, 9.17) is 9.05 Å². The fourth-order valence-corrected chi connectivity index (χ4v) is 9.11. The highest BCUT2D eigenvalue weighted by Crippen LogP contribution is 2.47. The number of carbonyl (C=O) groups excluding carboxylic acids is 1. The van der Waals surface area contributed by atoms with Crippen molar-refractivity contribution in [3.05, 3.63) is 0 Å². The number of hydrogen-bond donors (Lipinski definition) is 8. The first kappa shape index (κ1) is 56.4. The van der Waals surface area contributed by atoms with Gasteiger partial charge in [-0.3, -0.25) is 13.8 Å². The molecule has 9 atom stereocenters. The molecule has 8 N–H and O–H groups in total. The largest absolute Gasteiger partial charge is 0.472 e. The molecule has 1 aliphatic rings. The molecule has 59 heavy (non-hydrogen) atoms. The van der Waals surface area contributed by atoms with Gasteiger partial charge in [0.1, 0.15) is 36.6 Å². The van der Waals surface area contributed by atoms with Gasteiger partial charge in [0.05, 0.1) is 18.8 Å². The summed E-state index contributed by atoms with van der Waals surface area (Å²) in [4.78, 5) is 23.4. The van der Waals surface area contributed by atoms with E-state index in [1.807, 2.05) is 0 Å². The molecule has 352 valence electrons. The zero-order chi connectivity index (χ0) is 43.6. The lowest BCUT2D eigenvalue weighted by molar-refractivity contribution is -0.220. The van der Waals surface area contributed by atoms with Gasteiger partial charge in [0, 0.05) is 6.42 Å². The SMILES string of the molecule is CCCCCCCCCCCCCCCCCCCCCCCCCC(=O)N[C@@H](COP(=O)(O)OC1C(O)C(O)C(O)[C@@H](O)C1O)[C@H](O)CCCCCCCCCCC. The molecule has 0 heterocycles. The van der Waals surface area contributed by atoms with Crippen LogP contribution in [0.25, 0.3) is 0 Å². The third-order valence-corrected chi connectivity index (χ3v) is 13.2. The van der Waals surface area contributed by atoms with E-state index < -0.39 is 63.2 Å². The van der Waals surface area contributed by atoms with E-state index in [1.165, 1.54) is 154 Å². The summed E-state index contributed by atoms with van der Waals surface area (Å²) in [5, 5.41) is 64.0. The zero-order valence-electron chi connectivity index (χ0n) is 37.6. The van der Waals surface area contributed by atoms with Gasteiger partial charge in [-0.1, -0.05) is 213 Å². The number of rotatable bonds is 41. The second kappa shape index (κ2) is 36.8. The molecule has 6 unspecified atom stereocenters. The summed E-state index contributed by atoms with van der Waals surface area (Å²) < 4.78 is 22.9. The minimum Gasteiger partial charge on any atom is -0.391 e. The Morgan fingerprint density at radius 1 is 0.508 bits per heavy atom. The molecule has 0 bridgehead atoms. The zero-order valence-corrected chi connectivity index (χ0v) is 38.5. The topological polar surface area (TPSA) is 206 Å². The molecule has 13 heteroatoms. The van der Waals surface area contributed by atoms with E-state index in [0.717, 1.165) is 38.5 Å². The van der Waals surface area contributed by atoms with E-state index in [2.05, 4.69) is 19.2 Å². The molecular weight excluding hydrogens is 773 g/mol. The average Bonchev–Trinajstić information content (AvgIpc) is 3.22. The van der Waals surface area contributed by atoms with Crippen molar-refractivity contribution in [1.82, 2.24) is 5.32 Å². The number of unbranched alkanes of at least 4 members (excludes halogenated alkanes) is 30. The second-order valence-corrected chi connectivity index (χ2v) is 19.1. The van der Waals surface area contributed by atoms with Gasteiger partial charge in [0.2, 0.25) is 5.91 Å².